The van der Waals surface area contributed by atoms with Gasteiger partial charge in [-0.2, -0.15) is 0 Å². The second-order valence-corrected chi connectivity index (χ2v) is 12.7. The number of rotatable bonds is 14. The standard InChI is InChI=1S/C39H43ClN2O6/c1-5-46-36(43)17-10-7-11-24-42(37(44)31-20-18-30(19-21-31)29-14-8-6-9-15-29)34-23-22-32(40)26-35(34)47-33-16-12-13-28(25-33)27-41-38(45)48-39(2,3)4/h6,8-9,12-16,18-23,25-26H,5,7,10-11,17,24,27H2,1-4H3,(H,41,45). The molecule has 1 N–H and O–H groups in total. The maximum Gasteiger partial charge on any atom is 0.407 e. The van der Waals surface area contributed by atoms with Crippen LogP contribution in [0.2, 0.25) is 5.02 Å². The van der Waals surface area contributed by atoms with E-state index in [1.165, 1.54) is 0 Å². The summed E-state index contributed by atoms with van der Waals surface area (Å²) in [6, 6.07) is 30.0. The van der Waals surface area contributed by atoms with Crippen LogP contribution in [-0.2, 0) is 20.8 Å². The van der Waals surface area contributed by atoms with E-state index in [0.717, 1.165) is 23.1 Å². The van der Waals surface area contributed by atoms with Gasteiger partial charge in [-0.05, 0) is 93.6 Å². The van der Waals surface area contributed by atoms with Gasteiger partial charge >= 0.3 is 12.1 Å². The van der Waals surface area contributed by atoms with Crippen molar-refractivity contribution in [3.63, 3.8) is 0 Å². The van der Waals surface area contributed by atoms with Crippen molar-refractivity contribution < 1.29 is 28.6 Å². The fourth-order valence-electron chi connectivity index (χ4n) is 5.00. The highest BCUT2D eigenvalue weighted by Crippen LogP contribution is 2.36. The van der Waals surface area contributed by atoms with Crippen molar-refractivity contribution in [1.29, 1.82) is 0 Å². The maximum atomic E-state index is 14.2. The van der Waals surface area contributed by atoms with E-state index in [4.69, 9.17) is 25.8 Å². The fraction of sp³-hybridized carbons (Fsp3) is 0.308. The Hall–Kier alpha value is -4.82. The van der Waals surface area contributed by atoms with Crippen LogP contribution in [0.25, 0.3) is 11.1 Å². The molecule has 4 aromatic rings. The van der Waals surface area contributed by atoms with Crippen LogP contribution in [0.1, 0.15) is 69.3 Å². The molecular formula is C39H43ClN2O6. The summed E-state index contributed by atoms with van der Waals surface area (Å²) in [5, 5.41) is 3.21. The molecule has 48 heavy (non-hydrogen) atoms. The molecule has 0 aliphatic carbocycles. The minimum absolute atomic E-state index is 0.192. The molecular weight excluding hydrogens is 628 g/mol. The molecule has 0 aliphatic heterocycles. The van der Waals surface area contributed by atoms with Crippen LogP contribution in [-0.4, -0.2) is 36.7 Å². The van der Waals surface area contributed by atoms with E-state index in [9.17, 15) is 14.4 Å². The maximum absolute atomic E-state index is 14.2. The Morgan fingerprint density at radius 3 is 2.25 bits per heavy atom. The molecule has 2 amide bonds. The predicted octanol–water partition coefficient (Wildman–Crippen LogP) is 9.59. The number of unbranched alkanes of at least 4 members (excludes halogenated alkanes) is 2. The zero-order valence-electron chi connectivity index (χ0n) is 28.0. The molecule has 0 unspecified atom stereocenters. The molecule has 252 valence electrons. The van der Waals surface area contributed by atoms with Crippen molar-refractivity contribution >= 4 is 35.3 Å². The van der Waals surface area contributed by atoms with Gasteiger partial charge in [-0.3, -0.25) is 9.59 Å². The van der Waals surface area contributed by atoms with Gasteiger partial charge in [0.05, 0.1) is 12.3 Å². The average Bonchev–Trinajstić information content (AvgIpc) is 3.06. The molecule has 0 atom stereocenters. The Labute approximate surface area is 288 Å². The molecule has 0 saturated heterocycles. The van der Waals surface area contributed by atoms with Crippen LogP contribution in [0.4, 0.5) is 10.5 Å². The van der Waals surface area contributed by atoms with Gasteiger partial charge in [0.1, 0.15) is 11.4 Å². The number of carbonyl (C=O) groups is 3. The van der Waals surface area contributed by atoms with E-state index in [0.29, 0.717) is 60.2 Å². The normalized spacial score (nSPS) is 11.0. The van der Waals surface area contributed by atoms with Crippen molar-refractivity contribution in [3.05, 3.63) is 113 Å². The Bertz CT molecular complexity index is 1670. The van der Waals surface area contributed by atoms with Gasteiger partial charge < -0.3 is 24.4 Å². The fourth-order valence-corrected chi connectivity index (χ4v) is 5.16. The number of nitrogens with one attached hydrogen (secondary N) is 1. The number of hydrogen-bond acceptors (Lipinski definition) is 6. The molecule has 0 fully saturated rings. The number of amides is 2. The first-order valence-electron chi connectivity index (χ1n) is 16.2. The van der Waals surface area contributed by atoms with E-state index in [2.05, 4.69) is 5.32 Å². The lowest BCUT2D eigenvalue weighted by molar-refractivity contribution is -0.143. The minimum Gasteiger partial charge on any atom is -0.466 e. The van der Waals surface area contributed by atoms with Gasteiger partial charge in [-0.15, -0.1) is 0 Å². The summed E-state index contributed by atoms with van der Waals surface area (Å²) in [5.74, 6) is 0.500. The SMILES string of the molecule is CCOC(=O)CCCCCN(C(=O)c1ccc(-c2ccccc2)cc1)c1ccc(Cl)cc1Oc1cccc(CNC(=O)OC(C)(C)C)c1. The predicted molar refractivity (Wildman–Crippen MR) is 190 cm³/mol. The largest absolute Gasteiger partial charge is 0.466 e. The number of alkyl carbamates (subject to hydrolysis) is 1. The summed E-state index contributed by atoms with van der Waals surface area (Å²) in [5.41, 5.74) is 3.35. The molecule has 4 aromatic carbocycles. The Kier molecular flexibility index (Phi) is 13.0. The van der Waals surface area contributed by atoms with Crippen molar-refractivity contribution in [2.75, 3.05) is 18.1 Å². The third-order valence-corrected chi connectivity index (χ3v) is 7.46. The second kappa shape index (κ2) is 17.4. The number of ether oxygens (including phenoxy) is 3. The van der Waals surface area contributed by atoms with E-state index in [1.807, 2.05) is 72.8 Å². The Balaban J connectivity index is 1.57. The smallest absolute Gasteiger partial charge is 0.407 e. The zero-order chi connectivity index (χ0) is 34.5. The third kappa shape index (κ3) is 11.2. The van der Waals surface area contributed by atoms with Crippen LogP contribution < -0.4 is 15.0 Å². The topological polar surface area (TPSA) is 94.2 Å². The highest BCUT2D eigenvalue weighted by Gasteiger charge is 2.22. The summed E-state index contributed by atoms with van der Waals surface area (Å²) < 4.78 is 16.8. The lowest BCUT2D eigenvalue weighted by atomic mass is 10.0. The quantitative estimate of drug-likeness (QED) is 0.106. The first-order chi connectivity index (χ1) is 23.0. The molecule has 4 rings (SSSR count). The Morgan fingerprint density at radius 2 is 1.54 bits per heavy atom. The summed E-state index contributed by atoms with van der Waals surface area (Å²) in [7, 11) is 0. The number of anilines is 1. The van der Waals surface area contributed by atoms with E-state index < -0.39 is 11.7 Å². The van der Waals surface area contributed by atoms with Gasteiger partial charge in [0, 0.05) is 36.2 Å². The monoisotopic (exact) mass is 670 g/mol. The van der Waals surface area contributed by atoms with Gasteiger partial charge in [0.15, 0.2) is 5.75 Å². The molecule has 8 nitrogen and oxygen atoms in total. The summed E-state index contributed by atoms with van der Waals surface area (Å²) in [6.07, 6.45) is 1.85. The van der Waals surface area contributed by atoms with Gasteiger partial charge in [-0.1, -0.05) is 72.6 Å². The van der Waals surface area contributed by atoms with Crippen LogP contribution in [0.15, 0.2) is 97.1 Å². The van der Waals surface area contributed by atoms with Crippen LogP contribution in [0, 0.1) is 0 Å². The number of halogens is 1. The van der Waals surface area contributed by atoms with Gasteiger partial charge in [0.2, 0.25) is 0 Å². The number of benzene rings is 4. The lowest BCUT2D eigenvalue weighted by Crippen LogP contribution is -2.32. The van der Waals surface area contributed by atoms with Gasteiger partial charge in [0.25, 0.3) is 5.91 Å². The highest BCUT2D eigenvalue weighted by molar-refractivity contribution is 6.30. The van der Waals surface area contributed by atoms with Crippen LogP contribution >= 0.6 is 11.6 Å². The first kappa shape index (κ1) is 36.0. The Morgan fingerprint density at radius 1 is 0.812 bits per heavy atom. The molecule has 0 aromatic heterocycles. The number of carbonyl (C=O) groups excluding carboxylic acids is 3. The molecule has 0 spiro atoms. The van der Waals surface area contributed by atoms with Crippen LogP contribution in [0.3, 0.4) is 0 Å². The highest BCUT2D eigenvalue weighted by atomic mass is 35.5. The van der Waals surface area contributed by atoms with E-state index >= 15 is 0 Å². The minimum atomic E-state index is -0.605. The van der Waals surface area contributed by atoms with Crippen molar-refractivity contribution in [2.45, 2.75) is 65.5 Å². The summed E-state index contributed by atoms with van der Waals surface area (Å²) in [6.45, 7) is 8.19. The molecule has 0 bridgehead atoms. The second-order valence-electron chi connectivity index (χ2n) is 12.2. The van der Waals surface area contributed by atoms with Crippen molar-refractivity contribution in [1.82, 2.24) is 5.32 Å². The number of nitrogens with zero attached hydrogens (tertiary/aromatic N) is 1. The van der Waals surface area contributed by atoms with Gasteiger partial charge in [-0.25, -0.2) is 4.79 Å². The molecule has 9 heteroatoms. The molecule has 0 saturated carbocycles. The molecule has 0 radical (unpaired) electrons. The summed E-state index contributed by atoms with van der Waals surface area (Å²) >= 11 is 6.44. The summed E-state index contributed by atoms with van der Waals surface area (Å²) in [4.78, 5) is 39.9. The first-order valence-corrected chi connectivity index (χ1v) is 16.6. The van der Waals surface area contributed by atoms with Crippen LogP contribution in [0.5, 0.6) is 11.5 Å². The van der Waals surface area contributed by atoms with Crippen molar-refractivity contribution in [2.24, 2.45) is 0 Å². The average molecular weight is 671 g/mol. The van der Waals surface area contributed by atoms with E-state index in [1.54, 1.807) is 56.9 Å². The molecule has 0 heterocycles. The number of hydrogen-bond donors (Lipinski definition) is 1. The zero-order valence-corrected chi connectivity index (χ0v) is 28.7. The molecule has 0 aliphatic rings. The lowest BCUT2D eigenvalue weighted by Gasteiger charge is -2.26. The number of esters is 1. The third-order valence-electron chi connectivity index (χ3n) is 7.23. The van der Waals surface area contributed by atoms with Crippen molar-refractivity contribution in [3.8, 4) is 22.6 Å². The van der Waals surface area contributed by atoms with E-state index in [-0.39, 0.29) is 18.4 Å².